The predicted molar refractivity (Wildman–Crippen MR) is 115 cm³/mol. The molecule has 1 aliphatic rings. The molecule has 2 atom stereocenters. The summed E-state index contributed by atoms with van der Waals surface area (Å²) in [6, 6.07) is 22.6. The third-order valence-electron chi connectivity index (χ3n) is 5.50. The van der Waals surface area contributed by atoms with E-state index >= 15 is 0 Å². The van der Waals surface area contributed by atoms with E-state index in [0.29, 0.717) is 12.1 Å². The average Bonchev–Trinajstić information content (AvgIpc) is 2.95. The summed E-state index contributed by atoms with van der Waals surface area (Å²) in [6.07, 6.45) is 0. The van der Waals surface area contributed by atoms with Gasteiger partial charge in [0.05, 0.1) is 0 Å². The molecule has 0 aliphatic carbocycles. The SMILES string of the molecule is CC(C)(C)[C@@H]1[C@@H](C(C)(C)C)N(Cc2ccccc2)[CH-]N1Cc1ccccc1.[Ag+].[Cl-]. The minimum atomic E-state index is 0. The van der Waals surface area contributed by atoms with Crippen molar-refractivity contribution in [3.8, 4) is 0 Å². The van der Waals surface area contributed by atoms with Gasteiger partial charge in [-0.2, -0.15) is 0 Å². The van der Waals surface area contributed by atoms with Crippen LogP contribution in [-0.4, -0.2) is 21.9 Å². The maximum absolute atomic E-state index is 2.58. The Hall–Kier alpha value is -0.610. The van der Waals surface area contributed by atoms with Crippen LogP contribution in [0.3, 0.4) is 0 Å². The van der Waals surface area contributed by atoms with Crippen molar-refractivity contribution in [2.24, 2.45) is 10.8 Å². The quantitative estimate of drug-likeness (QED) is 0.465. The fourth-order valence-corrected chi connectivity index (χ4v) is 4.51. The second-order valence-electron chi connectivity index (χ2n) is 10.1. The van der Waals surface area contributed by atoms with Crippen LogP contribution in [0.4, 0.5) is 0 Å². The Morgan fingerprint density at radius 2 is 0.966 bits per heavy atom. The first kappa shape index (κ1) is 26.4. The van der Waals surface area contributed by atoms with E-state index in [1.54, 1.807) is 0 Å². The van der Waals surface area contributed by atoms with Gasteiger partial charge in [0.2, 0.25) is 0 Å². The molecule has 4 heteroatoms. The first-order valence-electron chi connectivity index (χ1n) is 10.1. The molecule has 0 amide bonds. The van der Waals surface area contributed by atoms with E-state index in [4.69, 9.17) is 0 Å². The maximum Gasteiger partial charge on any atom is 1.00 e. The molecule has 2 aromatic rings. The predicted octanol–water partition coefficient (Wildman–Crippen LogP) is 2.95. The average molecular weight is 507 g/mol. The summed E-state index contributed by atoms with van der Waals surface area (Å²) in [7, 11) is 0. The van der Waals surface area contributed by atoms with Gasteiger partial charge in [0.25, 0.3) is 0 Å². The van der Waals surface area contributed by atoms with Crippen LogP contribution in [0.5, 0.6) is 0 Å². The third kappa shape index (κ3) is 6.69. The first-order chi connectivity index (χ1) is 12.7. The van der Waals surface area contributed by atoms with Crippen molar-refractivity contribution in [3.63, 3.8) is 0 Å². The summed E-state index contributed by atoms with van der Waals surface area (Å²) >= 11 is 0. The molecule has 0 spiro atoms. The Bertz CT molecular complexity index is 658. The molecular formula is C25H35AgClN2-. The standard InChI is InChI=1S/C25H35N2.Ag.ClH/c1-24(2,3)22-23(25(4,5)6)27(18-21-15-11-8-12-16-21)19-26(22)17-20-13-9-7-10-14-20;;/h7-16,19,22-23H,17-18H2,1-6H3;;1H/q-1;+1;/p-1/t22-,23-;;/m0../s1. The number of hydrogen-bond acceptors (Lipinski definition) is 2. The van der Waals surface area contributed by atoms with E-state index in [9.17, 15) is 0 Å². The van der Waals surface area contributed by atoms with Crippen LogP contribution >= 0.6 is 0 Å². The Morgan fingerprint density at radius 3 is 1.24 bits per heavy atom. The van der Waals surface area contributed by atoms with Crippen molar-refractivity contribution in [1.29, 1.82) is 0 Å². The first-order valence-corrected chi connectivity index (χ1v) is 10.1. The normalized spacial score (nSPS) is 20.8. The van der Waals surface area contributed by atoms with E-state index in [-0.39, 0.29) is 45.6 Å². The van der Waals surface area contributed by atoms with Crippen LogP contribution in [0.25, 0.3) is 0 Å². The number of halogens is 1. The summed E-state index contributed by atoms with van der Waals surface area (Å²) in [4.78, 5) is 5.16. The minimum Gasteiger partial charge on any atom is -1.00 e. The van der Waals surface area contributed by atoms with Gasteiger partial charge in [-0.1, -0.05) is 102 Å². The number of hydrogen-bond donors (Lipinski definition) is 0. The molecule has 0 unspecified atom stereocenters. The van der Waals surface area contributed by atoms with Gasteiger partial charge in [0.1, 0.15) is 0 Å². The Balaban J connectivity index is 0.00000210. The zero-order valence-electron chi connectivity index (χ0n) is 18.5. The molecule has 164 valence electrons. The van der Waals surface area contributed by atoms with E-state index in [0.717, 1.165) is 13.1 Å². The van der Waals surface area contributed by atoms with Crippen molar-refractivity contribution in [2.75, 3.05) is 0 Å². The third-order valence-corrected chi connectivity index (χ3v) is 5.50. The number of nitrogens with zero attached hydrogens (tertiary/aromatic N) is 2. The van der Waals surface area contributed by atoms with Crippen LogP contribution in [-0.2, 0) is 35.5 Å². The largest absolute Gasteiger partial charge is 1.00 e. The smallest absolute Gasteiger partial charge is 1.00 e. The second-order valence-corrected chi connectivity index (χ2v) is 10.1. The maximum atomic E-state index is 2.58. The fraction of sp³-hybridized carbons (Fsp3) is 0.480. The van der Waals surface area contributed by atoms with Crippen LogP contribution in [0.15, 0.2) is 60.7 Å². The summed E-state index contributed by atoms with van der Waals surface area (Å²) < 4.78 is 0. The Kier molecular flexibility index (Phi) is 9.67. The minimum absolute atomic E-state index is 0. The molecule has 0 radical (unpaired) electrons. The summed E-state index contributed by atoms with van der Waals surface area (Å²) in [5.74, 6) is 0. The number of benzene rings is 2. The van der Waals surface area contributed by atoms with E-state index < -0.39 is 0 Å². The molecule has 0 aromatic heterocycles. The number of rotatable bonds is 4. The van der Waals surface area contributed by atoms with E-state index in [2.05, 4.69) is 119 Å². The van der Waals surface area contributed by atoms with Crippen molar-refractivity contribution >= 4 is 0 Å². The van der Waals surface area contributed by atoms with Crippen molar-refractivity contribution in [1.82, 2.24) is 9.80 Å². The summed E-state index contributed by atoms with van der Waals surface area (Å²) in [5.41, 5.74) is 3.12. The molecule has 2 aromatic carbocycles. The molecule has 2 nitrogen and oxygen atoms in total. The van der Waals surface area contributed by atoms with Gasteiger partial charge in [-0.3, -0.25) is 0 Å². The van der Waals surface area contributed by atoms with Crippen LogP contribution in [0.2, 0.25) is 0 Å². The molecule has 1 aliphatic heterocycles. The van der Waals surface area contributed by atoms with Crippen molar-refractivity contribution in [3.05, 3.63) is 78.5 Å². The van der Waals surface area contributed by atoms with Crippen molar-refractivity contribution < 1.29 is 34.8 Å². The molecule has 0 bridgehead atoms. The molecule has 29 heavy (non-hydrogen) atoms. The van der Waals surface area contributed by atoms with E-state index in [1.165, 1.54) is 11.1 Å². The Morgan fingerprint density at radius 1 is 0.655 bits per heavy atom. The molecular weight excluding hydrogens is 472 g/mol. The van der Waals surface area contributed by atoms with E-state index in [1.807, 2.05) is 0 Å². The molecule has 1 heterocycles. The summed E-state index contributed by atoms with van der Waals surface area (Å²) in [6.45, 7) is 18.6. The topological polar surface area (TPSA) is 6.48 Å². The molecule has 0 saturated carbocycles. The van der Waals surface area contributed by atoms with Crippen LogP contribution < -0.4 is 12.4 Å². The molecule has 0 N–H and O–H groups in total. The van der Waals surface area contributed by atoms with Gasteiger partial charge < -0.3 is 22.2 Å². The molecule has 1 saturated heterocycles. The second kappa shape index (κ2) is 10.6. The molecule has 3 rings (SSSR count). The zero-order chi connectivity index (χ0) is 19.7. The van der Waals surface area contributed by atoms with Gasteiger partial charge in [0, 0.05) is 12.1 Å². The summed E-state index contributed by atoms with van der Waals surface area (Å²) in [5, 5.41) is 0. The van der Waals surface area contributed by atoms with Gasteiger partial charge in [-0.05, 0) is 35.0 Å². The monoisotopic (exact) mass is 505 g/mol. The van der Waals surface area contributed by atoms with Gasteiger partial charge >= 0.3 is 22.4 Å². The van der Waals surface area contributed by atoms with Gasteiger partial charge in [-0.25, -0.2) is 6.67 Å². The zero-order valence-corrected chi connectivity index (χ0v) is 20.7. The van der Waals surface area contributed by atoms with Crippen LogP contribution in [0.1, 0.15) is 52.7 Å². The molecule has 1 fully saturated rings. The Labute approximate surface area is 200 Å². The fourth-order valence-electron chi connectivity index (χ4n) is 4.51. The van der Waals surface area contributed by atoms with Gasteiger partial charge in [-0.15, -0.1) is 0 Å². The van der Waals surface area contributed by atoms with Gasteiger partial charge in [0.15, 0.2) is 0 Å². The van der Waals surface area contributed by atoms with Crippen LogP contribution in [0, 0.1) is 17.5 Å². The van der Waals surface area contributed by atoms with Crippen molar-refractivity contribution in [2.45, 2.75) is 66.7 Å².